The van der Waals surface area contributed by atoms with Crippen molar-refractivity contribution < 1.29 is 19.7 Å². The van der Waals surface area contributed by atoms with Crippen LogP contribution < -0.4 is 0 Å². The van der Waals surface area contributed by atoms with E-state index >= 15 is 0 Å². The van der Waals surface area contributed by atoms with Crippen molar-refractivity contribution in [3.63, 3.8) is 0 Å². The van der Waals surface area contributed by atoms with Crippen LogP contribution in [0.3, 0.4) is 0 Å². The van der Waals surface area contributed by atoms with Gasteiger partial charge in [-0.15, -0.1) is 0 Å². The molecule has 5 fully saturated rings. The summed E-state index contributed by atoms with van der Waals surface area (Å²) in [5.41, 5.74) is 2.28. The SMILES string of the molecule is CC1(C)O[C@H]1[C@H]1C[C@@H]([C@@H]2CC[C@]3(C)C4=CC[C@H]5C(C)(C)[C@@H](O)CC[C@]5(C)[C@H]4CC[C@@]23C)[C@H](O)O1. The number of aliphatic hydroxyl groups excluding tert-OH is 2. The lowest BCUT2D eigenvalue weighted by Gasteiger charge is -2.64. The van der Waals surface area contributed by atoms with E-state index in [-0.39, 0.29) is 51.5 Å². The summed E-state index contributed by atoms with van der Waals surface area (Å²) in [6.07, 6.45) is 11.0. The van der Waals surface area contributed by atoms with Gasteiger partial charge in [0.1, 0.15) is 6.10 Å². The van der Waals surface area contributed by atoms with Crippen LogP contribution in [0.1, 0.15) is 99.8 Å². The van der Waals surface area contributed by atoms with Gasteiger partial charge in [-0.1, -0.05) is 46.3 Å². The Hall–Kier alpha value is -0.420. The molecule has 0 radical (unpaired) electrons. The molecule has 0 spiro atoms. The molecule has 6 rings (SSSR count). The highest BCUT2D eigenvalue weighted by Crippen LogP contribution is 2.73. The molecule has 4 heteroatoms. The van der Waals surface area contributed by atoms with E-state index < -0.39 is 6.29 Å². The molecule has 2 aliphatic heterocycles. The molecule has 2 N–H and O–H groups in total. The second kappa shape index (κ2) is 7.11. The summed E-state index contributed by atoms with van der Waals surface area (Å²) in [6, 6.07) is 0. The highest BCUT2D eigenvalue weighted by molar-refractivity contribution is 5.33. The highest BCUT2D eigenvalue weighted by Gasteiger charge is 2.67. The predicted molar refractivity (Wildman–Crippen MR) is 133 cm³/mol. The summed E-state index contributed by atoms with van der Waals surface area (Å²) < 4.78 is 12.0. The van der Waals surface area contributed by atoms with Crippen molar-refractivity contribution in [1.29, 1.82) is 0 Å². The van der Waals surface area contributed by atoms with Gasteiger partial charge in [-0.25, -0.2) is 0 Å². The molecule has 2 saturated heterocycles. The highest BCUT2D eigenvalue weighted by atomic mass is 16.7. The third-order valence-corrected chi connectivity index (χ3v) is 13.0. The molecule has 4 aliphatic carbocycles. The monoisotopic (exact) mass is 472 g/mol. The van der Waals surface area contributed by atoms with E-state index in [2.05, 4.69) is 54.5 Å². The van der Waals surface area contributed by atoms with Crippen LogP contribution >= 0.6 is 0 Å². The Bertz CT molecular complexity index is 892. The molecule has 0 aromatic rings. The van der Waals surface area contributed by atoms with E-state index in [9.17, 15) is 10.2 Å². The minimum absolute atomic E-state index is 0.0200. The number of hydrogen-bond acceptors (Lipinski definition) is 4. The fraction of sp³-hybridized carbons (Fsp3) is 0.933. The van der Waals surface area contributed by atoms with Crippen molar-refractivity contribution >= 4 is 0 Å². The van der Waals surface area contributed by atoms with Crippen molar-refractivity contribution in [2.24, 2.45) is 45.3 Å². The van der Waals surface area contributed by atoms with Gasteiger partial charge in [0.25, 0.3) is 0 Å². The molecule has 0 aromatic carbocycles. The number of ether oxygens (including phenoxy) is 2. The Labute approximate surface area is 206 Å². The quantitative estimate of drug-likeness (QED) is 0.391. The van der Waals surface area contributed by atoms with E-state index in [4.69, 9.17) is 9.47 Å². The van der Waals surface area contributed by atoms with Crippen LogP contribution in [0.4, 0.5) is 0 Å². The number of hydrogen-bond donors (Lipinski definition) is 2. The van der Waals surface area contributed by atoms with E-state index in [1.807, 2.05) is 0 Å². The minimum atomic E-state index is -0.658. The molecule has 4 nitrogen and oxygen atoms in total. The van der Waals surface area contributed by atoms with Gasteiger partial charge in [-0.05, 0) is 105 Å². The summed E-state index contributed by atoms with van der Waals surface area (Å²) in [5.74, 6) is 1.89. The summed E-state index contributed by atoms with van der Waals surface area (Å²) in [5, 5.41) is 21.9. The first-order valence-electron chi connectivity index (χ1n) is 14.2. The second-order valence-corrected chi connectivity index (χ2v) is 14.9. The summed E-state index contributed by atoms with van der Waals surface area (Å²) in [4.78, 5) is 0. The van der Waals surface area contributed by atoms with Gasteiger partial charge in [0, 0.05) is 5.92 Å². The number of epoxide rings is 1. The normalized spacial score (nSPS) is 57.4. The Kier molecular flexibility index (Phi) is 5.01. The maximum atomic E-state index is 11.0. The first-order chi connectivity index (χ1) is 15.8. The number of aliphatic hydroxyl groups is 2. The van der Waals surface area contributed by atoms with Crippen LogP contribution in [-0.2, 0) is 9.47 Å². The lowest BCUT2D eigenvalue weighted by Crippen LogP contribution is -2.58. The standard InChI is InChI=1S/C30H48O4/c1-26(2)22-9-8-20-19(28(22,5)13-12-23(26)31)11-15-29(6)18(10-14-30(20,29)7)17-16-21(33-25(17)32)24-27(3,4)34-24/h8,17-19,21-25,31-32H,9-16H2,1-7H3/t17-,18-,19-,21+,22-,23-,24-,25+,28+,29-,30+/m0/s1. The molecule has 0 unspecified atom stereocenters. The first-order valence-corrected chi connectivity index (χ1v) is 14.2. The third kappa shape index (κ3) is 2.92. The van der Waals surface area contributed by atoms with Crippen LogP contribution in [0.15, 0.2) is 11.6 Å². The molecular weight excluding hydrogens is 424 g/mol. The van der Waals surface area contributed by atoms with Crippen molar-refractivity contribution in [3.05, 3.63) is 11.6 Å². The lowest BCUT2D eigenvalue weighted by molar-refractivity contribution is -0.143. The molecule has 6 aliphatic rings. The zero-order chi connectivity index (χ0) is 24.5. The fourth-order valence-electron chi connectivity index (χ4n) is 10.5. The number of allylic oxidation sites excluding steroid dienone is 2. The fourth-order valence-corrected chi connectivity index (χ4v) is 10.5. The molecule has 0 aromatic heterocycles. The van der Waals surface area contributed by atoms with Crippen molar-refractivity contribution in [2.45, 2.75) is 130 Å². The predicted octanol–water partition coefficient (Wildman–Crippen LogP) is 5.85. The van der Waals surface area contributed by atoms with Gasteiger partial charge in [-0.2, -0.15) is 0 Å². The maximum absolute atomic E-state index is 11.0. The van der Waals surface area contributed by atoms with E-state index in [1.165, 1.54) is 25.7 Å². The maximum Gasteiger partial charge on any atom is 0.158 e. The summed E-state index contributed by atoms with van der Waals surface area (Å²) in [6.45, 7) is 16.5. The lowest BCUT2D eigenvalue weighted by atomic mass is 9.41. The third-order valence-electron chi connectivity index (χ3n) is 13.0. The van der Waals surface area contributed by atoms with Gasteiger partial charge >= 0.3 is 0 Å². The average molecular weight is 473 g/mol. The van der Waals surface area contributed by atoms with Crippen LogP contribution in [0, 0.1) is 45.3 Å². The van der Waals surface area contributed by atoms with Gasteiger partial charge in [0.2, 0.25) is 0 Å². The zero-order valence-corrected chi connectivity index (χ0v) is 22.6. The summed E-state index contributed by atoms with van der Waals surface area (Å²) in [7, 11) is 0. The minimum Gasteiger partial charge on any atom is -0.393 e. The van der Waals surface area contributed by atoms with E-state index in [1.54, 1.807) is 5.57 Å². The Morgan fingerprint density at radius 1 is 0.912 bits per heavy atom. The van der Waals surface area contributed by atoms with Gasteiger partial charge < -0.3 is 19.7 Å². The van der Waals surface area contributed by atoms with Gasteiger partial charge in [0.05, 0.1) is 17.8 Å². The molecule has 11 atom stereocenters. The smallest absolute Gasteiger partial charge is 0.158 e. The van der Waals surface area contributed by atoms with Crippen LogP contribution in [0.25, 0.3) is 0 Å². The van der Waals surface area contributed by atoms with Crippen LogP contribution in [0.5, 0.6) is 0 Å². The van der Waals surface area contributed by atoms with Crippen molar-refractivity contribution in [2.75, 3.05) is 0 Å². The molecule has 0 amide bonds. The van der Waals surface area contributed by atoms with Crippen molar-refractivity contribution in [1.82, 2.24) is 0 Å². The second-order valence-electron chi connectivity index (χ2n) is 14.9. The Balaban J connectivity index is 1.29. The average Bonchev–Trinajstić information content (AvgIpc) is 3.08. The Morgan fingerprint density at radius 2 is 1.62 bits per heavy atom. The Morgan fingerprint density at radius 3 is 2.29 bits per heavy atom. The molecule has 2 heterocycles. The number of rotatable bonds is 2. The van der Waals surface area contributed by atoms with Crippen LogP contribution in [0.2, 0.25) is 0 Å². The first kappa shape index (κ1) is 23.9. The van der Waals surface area contributed by atoms with Gasteiger partial charge in [0.15, 0.2) is 6.29 Å². The largest absolute Gasteiger partial charge is 0.393 e. The molecule has 34 heavy (non-hydrogen) atoms. The van der Waals surface area contributed by atoms with Gasteiger partial charge in [-0.3, -0.25) is 0 Å². The van der Waals surface area contributed by atoms with E-state index in [0.29, 0.717) is 17.8 Å². The number of fused-ring (bicyclic) bond motifs is 5. The van der Waals surface area contributed by atoms with Crippen molar-refractivity contribution in [3.8, 4) is 0 Å². The van der Waals surface area contributed by atoms with E-state index in [0.717, 1.165) is 25.7 Å². The topological polar surface area (TPSA) is 62.2 Å². The summed E-state index contributed by atoms with van der Waals surface area (Å²) >= 11 is 0. The zero-order valence-electron chi connectivity index (χ0n) is 22.6. The molecule has 3 saturated carbocycles. The molecule has 192 valence electrons. The molecule has 0 bridgehead atoms. The molecular formula is C30H48O4. The van der Waals surface area contributed by atoms with Crippen LogP contribution in [-0.4, -0.2) is 40.4 Å².